The molecule has 1 aromatic rings. The van der Waals surface area contributed by atoms with Gasteiger partial charge in [-0.15, -0.1) is 0 Å². The lowest BCUT2D eigenvalue weighted by Crippen LogP contribution is -2.41. The van der Waals surface area contributed by atoms with Crippen LogP contribution in [0.15, 0.2) is 12.3 Å². The molecule has 0 radical (unpaired) electrons. The fourth-order valence-corrected chi connectivity index (χ4v) is 2.92. The Bertz CT molecular complexity index is 487. The fraction of sp³-hybridized carbons (Fsp3) is 0.647. The van der Waals surface area contributed by atoms with Crippen LogP contribution >= 0.6 is 0 Å². The van der Waals surface area contributed by atoms with Gasteiger partial charge in [0.05, 0.1) is 11.3 Å². The average Bonchev–Trinajstić information content (AvgIpc) is 2.47. The normalized spacial score (nSPS) is 21.9. The number of carbonyl (C=O) groups excluding carboxylic acids is 1. The van der Waals surface area contributed by atoms with Gasteiger partial charge in [-0.1, -0.05) is 26.7 Å². The number of anilines is 1. The van der Waals surface area contributed by atoms with E-state index < -0.39 is 0 Å². The Hall–Kier alpha value is -1.58. The molecule has 2 atom stereocenters. The third kappa shape index (κ3) is 4.19. The lowest BCUT2D eigenvalue weighted by Gasteiger charge is -2.29. The van der Waals surface area contributed by atoms with Crippen molar-refractivity contribution in [1.29, 1.82) is 0 Å². The van der Waals surface area contributed by atoms with Crippen molar-refractivity contribution in [3.05, 3.63) is 23.5 Å². The maximum absolute atomic E-state index is 12.6. The highest BCUT2D eigenvalue weighted by Crippen LogP contribution is 2.24. The average molecular weight is 289 g/mol. The molecule has 0 saturated heterocycles. The zero-order valence-corrected chi connectivity index (χ0v) is 13.4. The quantitative estimate of drug-likeness (QED) is 0.872. The van der Waals surface area contributed by atoms with Crippen LogP contribution in [-0.4, -0.2) is 23.5 Å². The maximum Gasteiger partial charge on any atom is 0.255 e. The molecule has 1 saturated carbocycles. The van der Waals surface area contributed by atoms with Crippen LogP contribution in [0.3, 0.4) is 0 Å². The number of hydrogen-bond donors (Lipinski definition) is 2. The van der Waals surface area contributed by atoms with E-state index in [0.29, 0.717) is 17.5 Å². The predicted molar refractivity (Wildman–Crippen MR) is 86.6 cm³/mol. The summed E-state index contributed by atoms with van der Waals surface area (Å²) >= 11 is 0. The molecule has 1 aliphatic carbocycles. The zero-order chi connectivity index (χ0) is 15.2. The molecular weight excluding hydrogens is 262 g/mol. The van der Waals surface area contributed by atoms with Crippen molar-refractivity contribution in [3.8, 4) is 0 Å². The van der Waals surface area contributed by atoms with Gasteiger partial charge >= 0.3 is 0 Å². The first-order valence-electron chi connectivity index (χ1n) is 8.13. The summed E-state index contributed by atoms with van der Waals surface area (Å²) < 4.78 is 0. The fourth-order valence-electron chi connectivity index (χ4n) is 2.92. The molecule has 1 amide bonds. The lowest BCUT2D eigenvalue weighted by atomic mass is 9.86. The summed E-state index contributed by atoms with van der Waals surface area (Å²) in [7, 11) is 0. The van der Waals surface area contributed by atoms with Crippen LogP contribution < -0.4 is 10.6 Å². The van der Waals surface area contributed by atoms with Crippen LogP contribution in [0.1, 0.15) is 62.0 Å². The number of aromatic nitrogens is 1. The van der Waals surface area contributed by atoms with Crippen molar-refractivity contribution in [2.75, 3.05) is 11.9 Å². The number of hydrogen-bond acceptors (Lipinski definition) is 3. The third-order valence-corrected chi connectivity index (χ3v) is 4.28. The number of nitrogens with one attached hydrogen (secondary N) is 2. The Morgan fingerprint density at radius 1 is 1.38 bits per heavy atom. The Kier molecular flexibility index (Phi) is 5.59. The van der Waals surface area contributed by atoms with Crippen LogP contribution in [0, 0.1) is 12.8 Å². The molecule has 1 aromatic heterocycles. The minimum absolute atomic E-state index is 0.000136. The molecular formula is C17H27N3O. The van der Waals surface area contributed by atoms with Crippen molar-refractivity contribution in [3.63, 3.8) is 0 Å². The molecule has 0 spiro atoms. The highest BCUT2D eigenvalue weighted by Gasteiger charge is 2.24. The van der Waals surface area contributed by atoms with E-state index in [1.165, 1.54) is 19.3 Å². The van der Waals surface area contributed by atoms with E-state index >= 15 is 0 Å². The van der Waals surface area contributed by atoms with E-state index in [2.05, 4.69) is 29.5 Å². The molecule has 0 aliphatic heterocycles. The Morgan fingerprint density at radius 3 is 2.86 bits per heavy atom. The van der Waals surface area contributed by atoms with Crippen LogP contribution in [-0.2, 0) is 0 Å². The molecule has 116 valence electrons. The molecule has 1 heterocycles. The van der Waals surface area contributed by atoms with Gasteiger partial charge in [-0.3, -0.25) is 9.78 Å². The minimum atomic E-state index is -0.000136. The van der Waals surface area contributed by atoms with Crippen LogP contribution in [0.2, 0.25) is 0 Å². The molecule has 0 bridgehead atoms. The SMILES string of the molecule is CCCNc1cc(C)ncc1C(=O)NC1CCCCC1C. The summed E-state index contributed by atoms with van der Waals surface area (Å²) in [5.41, 5.74) is 2.48. The van der Waals surface area contributed by atoms with Gasteiger partial charge in [0.1, 0.15) is 0 Å². The van der Waals surface area contributed by atoms with E-state index in [-0.39, 0.29) is 5.91 Å². The number of nitrogens with zero attached hydrogens (tertiary/aromatic N) is 1. The summed E-state index contributed by atoms with van der Waals surface area (Å²) in [6.45, 7) is 7.16. The Labute approximate surface area is 127 Å². The van der Waals surface area contributed by atoms with E-state index in [0.717, 1.165) is 30.8 Å². The highest BCUT2D eigenvalue weighted by atomic mass is 16.1. The predicted octanol–water partition coefficient (Wildman–Crippen LogP) is 3.52. The summed E-state index contributed by atoms with van der Waals surface area (Å²) in [6, 6.07) is 2.25. The molecule has 2 N–H and O–H groups in total. The lowest BCUT2D eigenvalue weighted by molar-refractivity contribution is 0.0910. The van der Waals surface area contributed by atoms with Crippen molar-refractivity contribution in [2.24, 2.45) is 5.92 Å². The van der Waals surface area contributed by atoms with Crippen molar-refractivity contribution in [1.82, 2.24) is 10.3 Å². The van der Waals surface area contributed by atoms with Crippen molar-refractivity contribution in [2.45, 2.75) is 58.9 Å². The molecule has 0 aromatic carbocycles. The number of rotatable bonds is 5. The molecule has 4 heteroatoms. The van der Waals surface area contributed by atoms with Gasteiger partial charge in [-0.25, -0.2) is 0 Å². The first-order chi connectivity index (χ1) is 10.1. The largest absolute Gasteiger partial charge is 0.384 e. The van der Waals surface area contributed by atoms with Gasteiger partial charge in [0, 0.05) is 24.5 Å². The van der Waals surface area contributed by atoms with E-state index in [4.69, 9.17) is 0 Å². The van der Waals surface area contributed by atoms with Crippen molar-refractivity contribution >= 4 is 11.6 Å². The molecule has 1 aliphatic rings. The summed E-state index contributed by atoms with van der Waals surface area (Å²) in [5, 5.41) is 6.53. The van der Waals surface area contributed by atoms with Gasteiger partial charge in [0.25, 0.3) is 5.91 Å². The standard InChI is InChI=1S/C17H27N3O/c1-4-9-18-16-10-13(3)19-11-14(16)17(21)20-15-8-6-5-7-12(15)2/h10-12,15H,4-9H2,1-3H3,(H,18,19)(H,20,21). The second-order valence-electron chi connectivity index (χ2n) is 6.14. The minimum Gasteiger partial charge on any atom is -0.384 e. The van der Waals surface area contributed by atoms with E-state index in [1.807, 2.05) is 13.0 Å². The summed E-state index contributed by atoms with van der Waals surface area (Å²) in [6.07, 6.45) is 7.51. The maximum atomic E-state index is 12.6. The molecule has 4 nitrogen and oxygen atoms in total. The number of carbonyl (C=O) groups is 1. The van der Waals surface area contributed by atoms with Gasteiger partial charge in [-0.2, -0.15) is 0 Å². The van der Waals surface area contributed by atoms with Gasteiger partial charge in [0.15, 0.2) is 0 Å². The molecule has 2 unspecified atom stereocenters. The number of pyridine rings is 1. The first-order valence-corrected chi connectivity index (χ1v) is 8.13. The van der Waals surface area contributed by atoms with Crippen LogP contribution in [0.4, 0.5) is 5.69 Å². The van der Waals surface area contributed by atoms with Crippen molar-refractivity contribution < 1.29 is 4.79 Å². The molecule has 1 fully saturated rings. The van der Waals surface area contributed by atoms with Crippen LogP contribution in [0.5, 0.6) is 0 Å². The topological polar surface area (TPSA) is 54.0 Å². The monoisotopic (exact) mass is 289 g/mol. The number of aryl methyl sites for hydroxylation is 1. The summed E-state index contributed by atoms with van der Waals surface area (Å²) in [5.74, 6) is 0.563. The third-order valence-electron chi connectivity index (χ3n) is 4.28. The second-order valence-corrected chi connectivity index (χ2v) is 6.14. The van der Waals surface area contributed by atoms with Gasteiger partial charge in [-0.05, 0) is 38.2 Å². The highest BCUT2D eigenvalue weighted by molar-refractivity contribution is 5.99. The zero-order valence-electron chi connectivity index (χ0n) is 13.4. The van der Waals surface area contributed by atoms with Gasteiger partial charge in [0.2, 0.25) is 0 Å². The first kappa shape index (κ1) is 15.8. The molecule has 2 rings (SSSR count). The van der Waals surface area contributed by atoms with E-state index in [9.17, 15) is 4.79 Å². The summed E-state index contributed by atoms with van der Waals surface area (Å²) in [4.78, 5) is 16.8. The Balaban J connectivity index is 2.10. The number of amides is 1. The smallest absolute Gasteiger partial charge is 0.255 e. The van der Waals surface area contributed by atoms with E-state index in [1.54, 1.807) is 6.20 Å². The molecule has 21 heavy (non-hydrogen) atoms. The van der Waals surface area contributed by atoms with Crippen LogP contribution in [0.25, 0.3) is 0 Å². The second kappa shape index (κ2) is 7.43. The van der Waals surface area contributed by atoms with Gasteiger partial charge < -0.3 is 10.6 Å². The Morgan fingerprint density at radius 2 is 2.14 bits per heavy atom.